The first kappa shape index (κ1) is 41.4. The molecule has 3 fully saturated rings. The van der Waals surface area contributed by atoms with Gasteiger partial charge in [0.2, 0.25) is 17.5 Å². The molecule has 56 heavy (non-hydrogen) atoms. The van der Waals surface area contributed by atoms with Crippen LogP contribution in [0.5, 0.6) is 23.0 Å². The number of phenols is 3. The average molecular weight is 799 g/mol. The van der Waals surface area contributed by atoms with Crippen LogP contribution in [0.4, 0.5) is 0 Å². The predicted molar refractivity (Wildman–Crippen MR) is 181 cm³/mol. The summed E-state index contributed by atoms with van der Waals surface area (Å²) in [4.78, 5) is 25.8. The van der Waals surface area contributed by atoms with E-state index in [0.717, 1.165) is 19.1 Å². The van der Waals surface area contributed by atoms with Crippen LogP contribution in [0.15, 0.2) is 45.6 Å². The number of carbonyl (C=O) groups excluding carboxylic acids is 1. The Morgan fingerprint density at radius 1 is 0.732 bits per heavy atom. The van der Waals surface area contributed by atoms with Gasteiger partial charge in [0.05, 0.1) is 19.3 Å². The van der Waals surface area contributed by atoms with Gasteiger partial charge in [-0.3, -0.25) is 9.59 Å². The largest absolute Gasteiger partial charge is 0.508 e. The van der Waals surface area contributed by atoms with Gasteiger partial charge in [-0.25, -0.2) is 0 Å². The van der Waals surface area contributed by atoms with Gasteiger partial charge in [0, 0.05) is 24.6 Å². The van der Waals surface area contributed by atoms with Crippen LogP contribution in [0.2, 0.25) is 0 Å². The lowest BCUT2D eigenvalue weighted by Crippen LogP contribution is -2.65. The molecule has 6 rings (SSSR count). The second kappa shape index (κ2) is 16.7. The molecule has 0 bridgehead atoms. The standard InChI is InChI=1S/C35H42O21/c1-11-29(51-12(2)37)32(56-34-26(46)24(44)21(41)18(9-36)53-34)28(48)33(50-11)49-10-19-22(42)25(45)27(47)35(54-19)55-31-23(43)20-16(40)7-15(39)8-17(20)52-30(31)13-3-5-14(38)6-4-13/h3-8,11,18-19,21-22,24-29,32-36,38-42,44-48H,9-10H2,1-2H3/t11?,18?,19?,21-,22+,24+,25?,26?,27?,28?,29+,32-,33-,34+,35+/m1/s1. The molecule has 3 saturated heterocycles. The fourth-order valence-corrected chi connectivity index (χ4v) is 6.61. The van der Waals surface area contributed by atoms with Gasteiger partial charge < -0.3 is 93.7 Å². The van der Waals surface area contributed by atoms with Crippen LogP contribution in [0.25, 0.3) is 22.3 Å². The smallest absolute Gasteiger partial charge is 0.303 e. The molecule has 7 unspecified atom stereocenters. The first-order valence-corrected chi connectivity index (χ1v) is 17.3. The van der Waals surface area contributed by atoms with Gasteiger partial charge in [-0.2, -0.15) is 0 Å². The minimum absolute atomic E-state index is 0.143. The Kier molecular flexibility index (Phi) is 12.4. The van der Waals surface area contributed by atoms with Crippen LogP contribution in [-0.2, 0) is 33.2 Å². The fraction of sp³-hybridized carbons (Fsp3) is 0.543. The zero-order valence-electron chi connectivity index (χ0n) is 29.5. The quantitative estimate of drug-likeness (QED) is 0.0911. The van der Waals surface area contributed by atoms with E-state index >= 15 is 0 Å². The van der Waals surface area contributed by atoms with Crippen molar-refractivity contribution in [2.24, 2.45) is 0 Å². The van der Waals surface area contributed by atoms with Crippen LogP contribution < -0.4 is 10.2 Å². The van der Waals surface area contributed by atoms with Crippen molar-refractivity contribution in [2.75, 3.05) is 13.2 Å². The summed E-state index contributed by atoms with van der Waals surface area (Å²) >= 11 is 0. The van der Waals surface area contributed by atoms with Crippen molar-refractivity contribution in [3.05, 3.63) is 46.6 Å². The molecular weight excluding hydrogens is 756 g/mol. The summed E-state index contributed by atoms with van der Waals surface area (Å²) in [5.74, 6) is -3.05. The van der Waals surface area contributed by atoms with Crippen molar-refractivity contribution in [1.29, 1.82) is 0 Å². The number of ether oxygens (including phenoxy) is 7. The van der Waals surface area contributed by atoms with E-state index in [4.69, 9.17) is 37.6 Å². The molecule has 1 aromatic heterocycles. The van der Waals surface area contributed by atoms with Gasteiger partial charge >= 0.3 is 5.97 Å². The van der Waals surface area contributed by atoms with E-state index in [9.17, 15) is 65.8 Å². The minimum Gasteiger partial charge on any atom is -0.508 e. The second-order valence-corrected chi connectivity index (χ2v) is 13.5. The molecule has 3 aromatic rings. The summed E-state index contributed by atoms with van der Waals surface area (Å²) in [5.41, 5.74) is -1.12. The molecule has 21 heteroatoms. The number of aliphatic hydroxyl groups excluding tert-OH is 8. The Balaban J connectivity index is 1.24. The third-order valence-corrected chi connectivity index (χ3v) is 9.57. The maximum absolute atomic E-state index is 13.8. The number of rotatable bonds is 10. The van der Waals surface area contributed by atoms with E-state index < -0.39 is 139 Å². The minimum atomic E-state index is -2.02. The third kappa shape index (κ3) is 8.13. The Labute approximate surface area is 315 Å². The molecule has 308 valence electrons. The Hall–Kier alpha value is -4.20. The molecular formula is C35H42O21. The summed E-state index contributed by atoms with van der Waals surface area (Å²) in [5, 5.41) is 114. The first-order valence-electron chi connectivity index (χ1n) is 17.3. The van der Waals surface area contributed by atoms with Crippen LogP contribution >= 0.6 is 0 Å². The van der Waals surface area contributed by atoms with Gasteiger partial charge in [-0.1, -0.05) is 0 Å². The zero-order valence-corrected chi connectivity index (χ0v) is 29.5. The highest BCUT2D eigenvalue weighted by Gasteiger charge is 2.53. The summed E-state index contributed by atoms with van der Waals surface area (Å²) in [6, 6.07) is 7.15. The number of phenolic OH excluding ortho intramolecular Hbond substituents is 3. The Morgan fingerprint density at radius 3 is 2.00 bits per heavy atom. The molecule has 11 N–H and O–H groups in total. The van der Waals surface area contributed by atoms with Gasteiger partial charge in [0.15, 0.2) is 24.4 Å². The van der Waals surface area contributed by atoms with Crippen LogP contribution in [-0.4, -0.2) is 167 Å². The molecule has 4 heterocycles. The number of aliphatic hydroxyl groups is 8. The molecule has 21 nitrogen and oxygen atoms in total. The topological polar surface area (TPSA) is 334 Å². The zero-order chi connectivity index (χ0) is 40.7. The summed E-state index contributed by atoms with van der Waals surface area (Å²) < 4.78 is 45.3. The Morgan fingerprint density at radius 2 is 1.36 bits per heavy atom. The molecule has 0 saturated carbocycles. The maximum atomic E-state index is 13.8. The molecule has 0 aliphatic carbocycles. The first-order chi connectivity index (χ1) is 26.5. The number of aromatic hydroxyl groups is 3. The predicted octanol–water partition coefficient (Wildman–Crippen LogP) is -3.00. The van der Waals surface area contributed by atoms with Crippen molar-refractivity contribution >= 4 is 16.9 Å². The highest BCUT2D eigenvalue weighted by molar-refractivity contribution is 5.88. The van der Waals surface area contributed by atoms with E-state index in [2.05, 4.69) is 0 Å². The molecule has 0 radical (unpaired) electrons. The van der Waals surface area contributed by atoms with Crippen molar-refractivity contribution in [3.8, 4) is 34.3 Å². The molecule has 0 spiro atoms. The Bertz CT molecular complexity index is 1900. The highest BCUT2D eigenvalue weighted by Crippen LogP contribution is 2.38. The van der Waals surface area contributed by atoms with E-state index in [1.165, 1.54) is 31.2 Å². The number of benzene rings is 2. The summed E-state index contributed by atoms with van der Waals surface area (Å²) in [6.45, 7) is 0.967. The number of hydrogen-bond acceptors (Lipinski definition) is 21. The third-order valence-electron chi connectivity index (χ3n) is 9.57. The molecule has 15 atom stereocenters. The molecule has 0 amide bonds. The van der Waals surface area contributed by atoms with Gasteiger partial charge in [0.25, 0.3) is 0 Å². The lowest BCUT2D eigenvalue weighted by molar-refractivity contribution is -0.361. The van der Waals surface area contributed by atoms with Gasteiger partial charge in [0.1, 0.15) is 89.3 Å². The van der Waals surface area contributed by atoms with Crippen molar-refractivity contribution in [2.45, 2.75) is 106 Å². The van der Waals surface area contributed by atoms with E-state index in [-0.39, 0.29) is 22.7 Å². The lowest BCUT2D eigenvalue weighted by Gasteiger charge is -2.46. The molecule has 3 aliphatic heterocycles. The highest BCUT2D eigenvalue weighted by atomic mass is 16.8. The second-order valence-electron chi connectivity index (χ2n) is 13.5. The normalized spacial score (nSPS) is 36.3. The van der Waals surface area contributed by atoms with Crippen LogP contribution in [0.3, 0.4) is 0 Å². The number of hydrogen-bond donors (Lipinski definition) is 11. The lowest BCUT2D eigenvalue weighted by atomic mass is 9.97. The van der Waals surface area contributed by atoms with Crippen LogP contribution in [0.1, 0.15) is 13.8 Å². The number of fused-ring (bicyclic) bond motifs is 1. The summed E-state index contributed by atoms with van der Waals surface area (Å²) in [7, 11) is 0. The van der Waals surface area contributed by atoms with Gasteiger partial charge in [-0.05, 0) is 31.2 Å². The van der Waals surface area contributed by atoms with E-state index in [1.54, 1.807) is 0 Å². The van der Waals surface area contributed by atoms with Crippen molar-refractivity contribution in [1.82, 2.24) is 0 Å². The van der Waals surface area contributed by atoms with Crippen LogP contribution in [0, 0.1) is 0 Å². The molecule has 2 aromatic carbocycles. The SMILES string of the molecule is CC(=O)O[C@H]1C(C)O[C@@H](OCC2O[C@@H](Oc3c(-c4ccc(O)cc4)oc4cc(O)cc(O)c4c3=O)C(O)C(O)[C@H]2O)C(O)[C@H]1O[C@@H]1OC(CO)[C@@H](O)[C@H](O)C1O. The average Bonchev–Trinajstić information content (AvgIpc) is 3.15. The number of esters is 1. The van der Waals surface area contributed by atoms with Crippen molar-refractivity contribution < 1.29 is 98.5 Å². The van der Waals surface area contributed by atoms with E-state index in [1.807, 2.05) is 0 Å². The monoisotopic (exact) mass is 798 g/mol. The fourth-order valence-electron chi connectivity index (χ4n) is 6.61. The summed E-state index contributed by atoms with van der Waals surface area (Å²) in [6.07, 6.45) is -25.7. The maximum Gasteiger partial charge on any atom is 0.303 e. The van der Waals surface area contributed by atoms with Gasteiger partial charge in [-0.15, -0.1) is 0 Å². The molecule has 3 aliphatic rings. The van der Waals surface area contributed by atoms with E-state index in [0.29, 0.717) is 0 Å². The number of carbonyl (C=O) groups is 1. The van der Waals surface area contributed by atoms with Crippen molar-refractivity contribution in [3.63, 3.8) is 0 Å².